The fourth-order valence-corrected chi connectivity index (χ4v) is 0.896. The highest BCUT2D eigenvalue weighted by molar-refractivity contribution is 4.50. The van der Waals surface area contributed by atoms with Gasteiger partial charge in [-0.05, 0) is 6.42 Å². The van der Waals surface area contributed by atoms with Gasteiger partial charge in [0.25, 0.3) is 0 Å². The van der Waals surface area contributed by atoms with E-state index in [9.17, 15) is 0 Å². The van der Waals surface area contributed by atoms with Crippen molar-refractivity contribution >= 4 is 0 Å². The lowest BCUT2D eigenvalue weighted by molar-refractivity contribution is -0.193. The summed E-state index contributed by atoms with van der Waals surface area (Å²) in [5.74, 6) is 0. The Balaban J connectivity index is 2.02. The van der Waals surface area contributed by atoms with Crippen LogP contribution in [0.2, 0.25) is 0 Å². The Morgan fingerprint density at radius 2 is 2.10 bits per heavy atom. The molecule has 0 aromatic rings. The van der Waals surface area contributed by atoms with E-state index in [1.165, 1.54) is 0 Å². The van der Waals surface area contributed by atoms with E-state index in [1.807, 2.05) is 5.06 Å². The smallest absolute Gasteiger partial charge is 0.0682 e. The lowest BCUT2D eigenvalue weighted by atomic mass is 10.5. The van der Waals surface area contributed by atoms with E-state index in [0.717, 1.165) is 39.3 Å². The standard InChI is InChI=1S/C7H15NO2/c1-2-5-10-8-3-6-9-7-4-8/h2-7H2,1H3. The topological polar surface area (TPSA) is 21.7 Å². The number of rotatable bonds is 3. The van der Waals surface area contributed by atoms with Crippen molar-refractivity contribution in [3.05, 3.63) is 0 Å². The molecule has 0 spiro atoms. The number of morpholine rings is 1. The van der Waals surface area contributed by atoms with Gasteiger partial charge in [0.05, 0.1) is 19.8 Å². The lowest BCUT2D eigenvalue weighted by Gasteiger charge is -2.25. The van der Waals surface area contributed by atoms with Crippen LogP contribution in [0.1, 0.15) is 13.3 Å². The van der Waals surface area contributed by atoms with Gasteiger partial charge in [-0.2, -0.15) is 5.06 Å². The largest absolute Gasteiger partial charge is 0.379 e. The fraction of sp³-hybridized carbons (Fsp3) is 1.00. The average molecular weight is 145 g/mol. The van der Waals surface area contributed by atoms with Crippen LogP contribution in [0.5, 0.6) is 0 Å². The van der Waals surface area contributed by atoms with Gasteiger partial charge in [-0.1, -0.05) is 6.92 Å². The van der Waals surface area contributed by atoms with Gasteiger partial charge in [0.2, 0.25) is 0 Å². The van der Waals surface area contributed by atoms with Crippen LogP contribution in [0.3, 0.4) is 0 Å². The van der Waals surface area contributed by atoms with Crippen LogP contribution in [0.4, 0.5) is 0 Å². The number of hydrogen-bond acceptors (Lipinski definition) is 3. The first-order valence-electron chi connectivity index (χ1n) is 3.89. The van der Waals surface area contributed by atoms with Crippen molar-refractivity contribution < 1.29 is 9.57 Å². The maximum Gasteiger partial charge on any atom is 0.0682 e. The van der Waals surface area contributed by atoms with E-state index in [1.54, 1.807) is 0 Å². The number of hydrogen-bond donors (Lipinski definition) is 0. The second-order valence-electron chi connectivity index (χ2n) is 2.37. The van der Waals surface area contributed by atoms with Gasteiger partial charge in [0.1, 0.15) is 0 Å². The van der Waals surface area contributed by atoms with Gasteiger partial charge in [-0.15, -0.1) is 0 Å². The molecule has 0 saturated carbocycles. The Morgan fingerprint density at radius 1 is 1.40 bits per heavy atom. The molecule has 1 fully saturated rings. The zero-order chi connectivity index (χ0) is 7.23. The van der Waals surface area contributed by atoms with Crippen molar-refractivity contribution in [2.45, 2.75) is 13.3 Å². The number of nitrogens with zero attached hydrogens (tertiary/aromatic N) is 1. The van der Waals surface area contributed by atoms with Crippen LogP contribution >= 0.6 is 0 Å². The van der Waals surface area contributed by atoms with Crippen LogP contribution in [-0.2, 0) is 9.57 Å². The van der Waals surface area contributed by atoms with Crippen LogP contribution in [-0.4, -0.2) is 38.0 Å². The zero-order valence-corrected chi connectivity index (χ0v) is 6.51. The molecule has 1 aliphatic heterocycles. The highest BCUT2D eigenvalue weighted by atomic mass is 16.7. The summed E-state index contributed by atoms with van der Waals surface area (Å²) < 4.78 is 5.16. The lowest BCUT2D eigenvalue weighted by Crippen LogP contribution is -2.36. The minimum Gasteiger partial charge on any atom is -0.379 e. The normalized spacial score (nSPS) is 21.3. The molecule has 0 aliphatic carbocycles. The summed E-state index contributed by atoms with van der Waals surface area (Å²) >= 11 is 0. The first-order valence-corrected chi connectivity index (χ1v) is 3.89. The van der Waals surface area contributed by atoms with Gasteiger partial charge < -0.3 is 4.74 Å². The molecular formula is C7H15NO2. The predicted molar refractivity (Wildman–Crippen MR) is 38.6 cm³/mol. The molecule has 0 bridgehead atoms. The summed E-state index contributed by atoms with van der Waals surface area (Å²) in [5, 5.41) is 1.98. The molecule has 0 unspecified atom stereocenters. The van der Waals surface area contributed by atoms with Crippen molar-refractivity contribution in [1.29, 1.82) is 0 Å². The molecule has 3 heteroatoms. The molecule has 1 heterocycles. The summed E-state index contributed by atoms with van der Waals surface area (Å²) in [6, 6.07) is 0. The van der Waals surface area contributed by atoms with E-state index >= 15 is 0 Å². The maximum absolute atomic E-state index is 5.39. The van der Waals surface area contributed by atoms with Crippen molar-refractivity contribution in [2.24, 2.45) is 0 Å². The van der Waals surface area contributed by atoms with E-state index in [-0.39, 0.29) is 0 Å². The van der Waals surface area contributed by atoms with Gasteiger partial charge in [-0.25, -0.2) is 0 Å². The van der Waals surface area contributed by atoms with E-state index in [2.05, 4.69) is 6.92 Å². The molecular weight excluding hydrogens is 130 g/mol. The van der Waals surface area contributed by atoms with Gasteiger partial charge in [0, 0.05) is 13.1 Å². The quantitative estimate of drug-likeness (QED) is 0.582. The van der Waals surface area contributed by atoms with E-state index < -0.39 is 0 Å². The molecule has 0 N–H and O–H groups in total. The third-order valence-corrected chi connectivity index (χ3v) is 1.45. The second kappa shape index (κ2) is 4.66. The van der Waals surface area contributed by atoms with E-state index in [4.69, 9.17) is 9.57 Å². The number of hydroxylamine groups is 2. The Morgan fingerprint density at radius 3 is 2.70 bits per heavy atom. The molecule has 1 rings (SSSR count). The molecule has 0 aromatic carbocycles. The highest BCUT2D eigenvalue weighted by Crippen LogP contribution is 1.97. The summed E-state index contributed by atoms with van der Waals surface area (Å²) in [6.07, 6.45) is 1.08. The van der Waals surface area contributed by atoms with Crippen molar-refractivity contribution in [2.75, 3.05) is 32.9 Å². The monoisotopic (exact) mass is 145 g/mol. The average Bonchev–Trinajstić information content (AvgIpc) is 2.03. The molecule has 0 atom stereocenters. The predicted octanol–water partition coefficient (Wildman–Crippen LogP) is 0.660. The Bertz CT molecular complexity index is 81.7. The fourth-order valence-electron chi connectivity index (χ4n) is 0.896. The molecule has 3 nitrogen and oxygen atoms in total. The first kappa shape index (κ1) is 7.98. The van der Waals surface area contributed by atoms with Gasteiger partial charge in [-0.3, -0.25) is 4.84 Å². The SMILES string of the molecule is CCCON1CCOCC1. The minimum absolute atomic E-state index is 0.809. The summed E-state index contributed by atoms with van der Waals surface area (Å²) in [4.78, 5) is 5.39. The molecule has 0 radical (unpaired) electrons. The van der Waals surface area contributed by atoms with Crippen LogP contribution in [0.25, 0.3) is 0 Å². The Labute approximate surface area is 61.9 Å². The van der Waals surface area contributed by atoms with Gasteiger partial charge >= 0.3 is 0 Å². The van der Waals surface area contributed by atoms with Crippen LogP contribution in [0.15, 0.2) is 0 Å². The third kappa shape index (κ3) is 2.64. The zero-order valence-electron chi connectivity index (χ0n) is 6.51. The Hall–Kier alpha value is -0.120. The minimum atomic E-state index is 0.809. The molecule has 1 aliphatic rings. The van der Waals surface area contributed by atoms with Crippen molar-refractivity contribution in [1.82, 2.24) is 5.06 Å². The first-order chi connectivity index (χ1) is 4.93. The van der Waals surface area contributed by atoms with Crippen LogP contribution < -0.4 is 0 Å². The molecule has 60 valence electrons. The van der Waals surface area contributed by atoms with Crippen molar-refractivity contribution in [3.63, 3.8) is 0 Å². The second-order valence-corrected chi connectivity index (χ2v) is 2.37. The summed E-state index contributed by atoms with van der Waals surface area (Å²) in [6.45, 7) is 6.40. The summed E-state index contributed by atoms with van der Waals surface area (Å²) in [5.41, 5.74) is 0. The molecule has 0 aromatic heterocycles. The number of ether oxygens (including phenoxy) is 1. The van der Waals surface area contributed by atoms with Crippen molar-refractivity contribution in [3.8, 4) is 0 Å². The van der Waals surface area contributed by atoms with E-state index in [0.29, 0.717) is 0 Å². The van der Waals surface area contributed by atoms with Gasteiger partial charge in [0.15, 0.2) is 0 Å². The Kier molecular flexibility index (Phi) is 3.72. The maximum atomic E-state index is 5.39. The summed E-state index contributed by atoms with van der Waals surface area (Å²) in [7, 11) is 0. The third-order valence-electron chi connectivity index (χ3n) is 1.45. The molecule has 0 amide bonds. The highest BCUT2D eigenvalue weighted by Gasteiger charge is 2.09. The van der Waals surface area contributed by atoms with Crippen LogP contribution in [0, 0.1) is 0 Å². The molecule has 10 heavy (non-hydrogen) atoms. The molecule has 1 saturated heterocycles.